The van der Waals surface area contributed by atoms with E-state index >= 15 is 0 Å². The minimum atomic E-state index is -4.03. The van der Waals surface area contributed by atoms with Crippen molar-refractivity contribution in [3.8, 4) is 5.75 Å². The van der Waals surface area contributed by atoms with Gasteiger partial charge in [0, 0.05) is 30.6 Å². The van der Waals surface area contributed by atoms with Gasteiger partial charge in [-0.25, -0.2) is 8.42 Å². The van der Waals surface area contributed by atoms with Gasteiger partial charge in [0.15, 0.2) is 0 Å². The van der Waals surface area contributed by atoms with E-state index in [1.807, 2.05) is 20.8 Å². The Morgan fingerprint density at radius 2 is 1.71 bits per heavy atom. The topological polar surface area (TPSA) is 105 Å². The first-order chi connectivity index (χ1) is 17.9. The van der Waals surface area contributed by atoms with Crippen molar-refractivity contribution in [1.29, 1.82) is 0 Å². The highest BCUT2D eigenvalue weighted by molar-refractivity contribution is 7.93. The Morgan fingerprint density at radius 1 is 1.00 bits per heavy atom. The number of carbonyl (C=O) groups is 2. The van der Waals surface area contributed by atoms with Gasteiger partial charge in [-0.2, -0.15) is 0 Å². The lowest BCUT2D eigenvalue weighted by Gasteiger charge is -2.38. The van der Waals surface area contributed by atoms with Crippen LogP contribution in [0.15, 0.2) is 47.4 Å². The van der Waals surface area contributed by atoms with Crippen LogP contribution in [0.3, 0.4) is 0 Å². The average Bonchev–Trinajstić information content (AvgIpc) is 3.20. The zero-order chi connectivity index (χ0) is 27.3. The van der Waals surface area contributed by atoms with Gasteiger partial charge < -0.3 is 15.0 Å². The number of ether oxygens (including phenoxy) is 1. The van der Waals surface area contributed by atoms with Gasteiger partial charge in [0.2, 0.25) is 5.91 Å². The quantitative estimate of drug-likeness (QED) is 0.501. The standard InChI is InChI=1S/C29H37N3O5S/c1-27(2)28(3)14-15-29(27,19-25(28)33)26(34)30-20-12-13-22(32-16-8-5-9-17-32)24(18-20)38(35,36)31-21-10-6-7-11-23(21)37-4/h6-7,10-13,18,31H,5,8-9,14-17,19H2,1-4H3,(H,30,34)/t28-,29+/m0/s1. The molecule has 2 aliphatic carbocycles. The van der Waals surface area contributed by atoms with Crippen molar-refractivity contribution >= 4 is 38.8 Å². The third kappa shape index (κ3) is 3.97. The first-order valence-corrected chi connectivity index (χ1v) is 14.8. The number of sulfonamides is 1. The van der Waals surface area contributed by atoms with E-state index in [0.29, 0.717) is 35.7 Å². The van der Waals surface area contributed by atoms with Gasteiger partial charge >= 0.3 is 0 Å². The number of carbonyl (C=O) groups excluding carboxylic acids is 2. The Hall–Kier alpha value is -3.07. The van der Waals surface area contributed by atoms with Crippen molar-refractivity contribution in [2.45, 2.75) is 64.2 Å². The highest BCUT2D eigenvalue weighted by Gasteiger charge is 2.72. The summed E-state index contributed by atoms with van der Waals surface area (Å²) >= 11 is 0. The van der Waals surface area contributed by atoms with Crippen LogP contribution >= 0.6 is 0 Å². The van der Waals surface area contributed by atoms with Crippen molar-refractivity contribution in [3.63, 3.8) is 0 Å². The number of rotatable bonds is 7. The molecule has 0 aromatic heterocycles. The fourth-order valence-electron chi connectivity index (χ4n) is 6.74. The minimum absolute atomic E-state index is 0.0959. The van der Waals surface area contributed by atoms with Crippen LogP contribution in [0, 0.1) is 16.2 Å². The molecule has 0 radical (unpaired) electrons. The van der Waals surface area contributed by atoms with Crippen LogP contribution < -0.4 is 19.7 Å². The number of hydrogen-bond acceptors (Lipinski definition) is 6. The molecule has 2 aromatic carbocycles. The molecule has 2 N–H and O–H groups in total. The average molecular weight is 540 g/mol. The van der Waals surface area contributed by atoms with Gasteiger partial charge in [-0.15, -0.1) is 0 Å². The van der Waals surface area contributed by atoms with Gasteiger partial charge in [-0.05, 0) is 67.9 Å². The molecule has 3 fully saturated rings. The van der Waals surface area contributed by atoms with E-state index in [1.165, 1.54) is 13.2 Å². The predicted molar refractivity (Wildman–Crippen MR) is 148 cm³/mol. The van der Waals surface area contributed by atoms with Gasteiger partial charge in [0.1, 0.15) is 16.4 Å². The molecule has 38 heavy (non-hydrogen) atoms. The molecule has 3 aliphatic rings. The largest absolute Gasteiger partial charge is 0.495 e. The lowest BCUT2D eigenvalue weighted by molar-refractivity contribution is -0.131. The number of ketones is 1. The van der Waals surface area contributed by atoms with Crippen LogP contribution in [0.1, 0.15) is 59.3 Å². The second-order valence-corrected chi connectivity index (χ2v) is 13.3. The van der Waals surface area contributed by atoms with Crippen LogP contribution in [-0.4, -0.2) is 40.3 Å². The molecule has 0 unspecified atom stereocenters. The number of nitrogens with zero attached hydrogens (tertiary/aromatic N) is 1. The molecule has 1 aliphatic heterocycles. The van der Waals surface area contributed by atoms with Crippen molar-refractivity contribution in [2.75, 3.05) is 35.1 Å². The smallest absolute Gasteiger partial charge is 0.264 e. The number of Topliss-reactive ketones (excluding diaryl/α,β-unsaturated/α-hetero) is 1. The zero-order valence-electron chi connectivity index (χ0n) is 22.6. The number of nitrogens with one attached hydrogen (secondary N) is 2. The molecular formula is C29H37N3O5S. The van der Waals surface area contributed by atoms with Gasteiger partial charge in [-0.1, -0.05) is 32.9 Å². The Bertz CT molecular complexity index is 1380. The monoisotopic (exact) mass is 539 g/mol. The Balaban J connectivity index is 1.51. The lowest BCUT2D eigenvalue weighted by atomic mass is 9.64. The van der Waals surface area contributed by atoms with Crippen LogP contribution in [0.5, 0.6) is 5.75 Å². The molecule has 1 saturated heterocycles. The van der Waals surface area contributed by atoms with E-state index in [1.54, 1.807) is 36.4 Å². The first-order valence-electron chi connectivity index (χ1n) is 13.3. The molecule has 2 atom stereocenters. The van der Waals surface area contributed by atoms with E-state index in [2.05, 4.69) is 14.9 Å². The molecule has 0 spiro atoms. The summed E-state index contributed by atoms with van der Waals surface area (Å²) in [6, 6.07) is 11.9. The van der Waals surface area contributed by atoms with E-state index in [0.717, 1.165) is 32.4 Å². The van der Waals surface area contributed by atoms with E-state index < -0.39 is 26.3 Å². The maximum Gasteiger partial charge on any atom is 0.264 e. The summed E-state index contributed by atoms with van der Waals surface area (Å²) in [5, 5.41) is 3.00. The zero-order valence-corrected chi connectivity index (χ0v) is 23.4. The van der Waals surface area contributed by atoms with Crippen molar-refractivity contribution in [3.05, 3.63) is 42.5 Å². The molecule has 5 rings (SSSR count). The predicted octanol–water partition coefficient (Wildman–Crippen LogP) is 5.21. The summed E-state index contributed by atoms with van der Waals surface area (Å²) in [6.07, 6.45) is 4.63. The Labute approximate surface area is 225 Å². The van der Waals surface area contributed by atoms with E-state index in [-0.39, 0.29) is 23.0 Å². The SMILES string of the molecule is COc1ccccc1NS(=O)(=O)c1cc(NC(=O)[C@@]23CC[C@@](C)(C(=O)C2)C3(C)C)ccc1N1CCCCC1. The number of fused-ring (bicyclic) bond motifs is 2. The molecule has 8 nitrogen and oxygen atoms in total. The number of piperidine rings is 1. The summed E-state index contributed by atoms with van der Waals surface area (Å²) in [4.78, 5) is 28.8. The molecule has 2 aromatic rings. The molecule has 2 bridgehead atoms. The van der Waals surface area contributed by atoms with E-state index in [4.69, 9.17) is 4.74 Å². The van der Waals surface area contributed by atoms with Crippen LogP contribution in [0.2, 0.25) is 0 Å². The molecule has 2 saturated carbocycles. The number of methoxy groups -OCH3 is 1. The first kappa shape index (κ1) is 26.5. The molecule has 1 heterocycles. The molecule has 204 valence electrons. The van der Waals surface area contributed by atoms with Gasteiger partial charge in [0.25, 0.3) is 10.0 Å². The maximum atomic E-state index is 13.8. The number of para-hydroxylation sites is 2. The van der Waals surface area contributed by atoms with Gasteiger partial charge in [-0.3, -0.25) is 14.3 Å². The van der Waals surface area contributed by atoms with Crippen LogP contribution in [-0.2, 0) is 19.6 Å². The Morgan fingerprint density at radius 3 is 2.34 bits per heavy atom. The van der Waals surface area contributed by atoms with Crippen molar-refractivity contribution in [2.24, 2.45) is 16.2 Å². The van der Waals surface area contributed by atoms with Crippen LogP contribution in [0.4, 0.5) is 17.1 Å². The number of anilines is 3. The van der Waals surface area contributed by atoms with E-state index in [9.17, 15) is 18.0 Å². The highest BCUT2D eigenvalue weighted by atomic mass is 32.2. The summed E-state index contributed by atoms with van der Waals surface area (Å²) in [6.45, 7) is 7.52. The summed E-state index contributed by atoms with van der Waals surface area (Å²) in [5.41, 5.74) is -0.476. The fraction of sp³-hybridized carbons (Fsp3) is 0.517. The van der Waals surface area contributed by atoms with Crippen molar-refractivity contribution in [1.82, 2.24) is 0 Å². The lowest BCUT2D eigenvalue weighted by Crippen LogP contribution is -2.43. The normalized spacial score (nSPS) is 26.3. The third-order valence-electron chi connectivity index (χ3n) is 9.70. The summed E-state index contributed by atoms with van der Waals surface area (Å²) in [7, 11) is -2.54. The van der Waals surface area contributed by atoms with Gasteiger partial charge in [0.05, 0.1) is 23.9 Å². The second kappa shape index (κ2) is 9.29. The minimum Gasteiger partial charge on any atom is -0.495 e. The molecule has 9 heteroatoms. The summed E-state index contributed by atoms with van der Waals surface area (Å²) < 4.78 is 35.6. The number of amides is 1. The second-order valence-electron chi connectivity index (χ2n) is 11.6. The summed E-state index contributed by atoms with van der Waals surface area (Å²) in [5.74, 6) is 0.328. The third-order valence-corrected chi connectivity index (χ3v) is 11.1. The fourth-order valence-corrected chi connectivity index (χ4v) is 8.07. The maximum absolute atomic E-state index is 13.8. The number of hydrogen-bond donors (Lipinski definition) is 2. The molecular weight excluding hydrogens is 502 g/mol. The van der Waals surface area contributed by atoms with Crippen molar-refractivity contribution < 1.29 is 22.7 Å². The van der Waals surface area contributed by atoms with Crippen LogP contribution in [0.25, 0.3) is 0 Å². The Kier molecular flexibility index (Phi) is 6.49. The highest BCUT2D eigenvalue weighted by Crippen LogP contribution is 2.70. The number of benzene rings is 2. The molecule has 1 amide bonds.